The Bertz CT molecular complexity index is 463. The molecule has 0 radical (unpaired) electrons. The summed E-state index contributed by atoms with van der Waals surface area (Å²) >= 11 is 2.26. The highest BCUT2D eigenvalue weighted by molar-refractivity contribution is 9.10. The van der Waals surface area contributed by atoms with Gasteiger partial charge in [0.2, 0.25) is 0 Å². The van der Waals surface area contributed by atoms with Gasteiger partial charge < -0.3 is 4.74 Å². The molecule has 1 aliphatic rings. The molecular formula is C10H8BrF9O2. The summed E-state index contributed by atoms with van der Waals surface area (Å²) in [5.74, 6) is -27.8. The summed E-state index contributed by atoms with van der Waals surface area (Å²) in [6.07, 6.45) is -2.38. The molecular weight excluding hydrogens is 403 g/mol. The van der Waals surface area contributed by atoms with Crippen LogP contribution in [0, 0.1) is 0 Å². The number of hydrogen-bond acceptors (Lipinski definition) is 2. The zero-order chi connectivity index (χ0) is 18.0. The Kier molecular flexibility index (Phi) is 4.11. The Morgan fingerprint density at radius 3 is 1.50 bits per heavy atom. The Morgan fingerprint density at radius 2 is 1.23 bits per heavy atom. The summed E-state index contributed by atoms with van der Waals surface area (Å²) in [6, 6.07) is 0. The topological polar surface area (TPSA) is 26.3 Å². The average molecular weight is 411 g/mol. The van der Waals surface area contributed by atoms with E-state index in [1.54, 1.807) is 0 Å². The Labute approximate surface area is 126 Å². The first-order chi connectivity index (χ1) is 9.44. The second-order valence-electron chi connectivity index (χ2n) is 4.96. The van der Waals surface area contributed by atoms with Gasteiger partial charge in [-0.2, -0.15) is 35.1 Å². The van der Waals surface area contributed by atoms with Crippen molar-refractivity contribution >= 4 is 21.9 Å². The lowest BCUT2D eigenvalue weighted by atomic mass is 9.86. The summed E-state index contributed by atoms with van der Waals surface area (Å²) in [7, 11) is 0.668. The van der Waals surface area contributed by atoms with Crippen LogP contribution in [0.4, 0.5) is 39.5 Å². The van der Waals surface area contributed by atoms with Gasteiger partial charge in [0.25, 0.3) is 5.67 Å². The van der Waals surface area contributed by atoms with Crippen molar-refractivity contribution in [2.45, 2.75) is 47.0 Å². The standard InChI is InChI=1S/C10H8BrF9O2/c1-5(11,4(21)22-2)3-6(12)7(13,14)9(17,18)10(19,20)8(6,15)16/h3H2,1-2H3. The monoisotopic (exact) mass is 410 g/mol. The maximum atomic E-state index is 14.2. The molecule has 0 saturated heterocycles. The summed E-state index contributed by atoms with van der Waals surface area (Å²) in [4.78, 5) is 11.2. The van der Waals surface area contributed by atoms with Crippen molar-refractivity contribution in [1.82, 2.24) is 0 Å². The third-order valence-corrected chi connectivity index (χ3v) is 3.97. The molecule has 0 bridgehead atoms. The number of halogens is 10. The normalized spacial score (nSPS) is 29.6. The van der Waals surface area contributed by atoms with Gasteiger partial charge in [-0.1, -0.05) is 15.9 Å². The van der Waals surface area contributed by atoms with Crippen LogP contribution in [0.5, 0.6) is 0 Å². The molecule has 0 N–H and O–H groups in total. The van der Waals surface area contributed by atoms with Crippen molar-refractivity contribution in [3.8, 4) is 0 Å². The highest BCUT2D eigenvalue weighted by Gasteiger charge is 3.00. The second-order valence-corrected chi connectivity index (χ2v) is 6.71. The van der Waals surface area contributed by atoms with Crippen molar-refractivity contribution < 1.29 is 49.0 Å². The molecule has 0 aromatic heterocycles. The van der Waals surface area contributed by atoms with Crippen LogP contribution in [0.1, 0.15) is 13.3 Å². The lowest BCUT2D eigenvalue weighted by Crippen LogP contribution is -2.58. The number of esters is 1. The zero-order valence-corrected chi connectivity index (χ0v) is 12.4. The summed E-state index contributed by atoms with van der Waals surface area (Å²) in [5.41, 5.74) is -5.70. The van der Waals surface area contributed by atoms with E-state index in [0.29, 0.717) is 14.0 Å². The van der Waals surface area contributed by atoms with Gasteiger partial charge in [-0.05, 0) is 6.92 Å². The SMILES string of the molecule is COC(=O)C(C)(Br)CC1(F)C(F)(F)C(F)(F)C(F)(F)C1(F)F. The minimum absolute atomic E-state index is 0.543. The van der Waals surface area contributed by atoms with Crippen molar-refractivity contribution in [3.05, 3.63) is 0 Å². The molecule has 1 aliphatic carbocycles. The van der Waals surface area contributed by atoms with Crippen LogP contribution in [-0.2, 0) is 9.53 Å². The van der Waals surface area contributed by atoms with Crippen LogP contribution in [0.15, 0.2) is 0 Å². The molecule has 0 heterocycles. The van der Waals surface area contributed by atoms with Crippen molar-refractivity contribution in [2.24, 2.45) is 0 Å². The smallest absolute Gasteiger partial charge is 0.381 e. The van der Waals surface area contributed by atoms with E-state index in [4.69, 9.17) is 0 Å². The molecule has 0 aromatic carbocycles. The lowest BCUT2D eigenvalue weighted by Gasteiger charge is -2.35. The molecule has 12 heteroatoms. The quantitative estimate of drug-likeness (QED) is 0.400. The Balaban J connectivity index is 3.53. The van der Waals surface area contributed by atoms with Gasteiger partial charge >= 0.3 is 29.7 Å². The molecule has 2 nitrogen and oxygen atoms in total. The number of ether oxygens (including phenoxy) is 1. The van der Waals surface area contributed by atoms with E-state index in [1.165, 1.54) is 0 Å². The maximum Gasteiger partial charge on any atom is 0.381 e. The van der Waals surface area contributed by atoms with Gasteiger partial charge in [0, 0.05) is 6.42 Å². The highest BCUT2D eigenvalue weighted by Crippen LogP contribution is 2.70. The van der Waals surface area contributed by atoms with Gasteiger partial charge in [0.15, 0.2) is 0 Å². The van der Waals surface area contributed by atoms with Gasteiger partial charge in [-0.3, -0.25) is 4.79 Å². The van der Waals surface area contributed by atoms with Gasteiger partial charge in [0.1, 0.15) is 4.32 Å². The number of methoxy groups -OCH3 is 1. The molecule has 0 spiro atoms. The molecule has 0 amide bonds. The molecule has 0 aliphatic heterocycles. The third kappa shape index (κ3) is 1.91. The van der Waals surface area contributed by atoms with Gasteiger partial charge in [-0.25, -0.2) is 4.39 Å². The fraction of sp³-hybridized carbons (Fsp3) is 0.900. The largest absolute Gasteiger partial charge is 0.468 e. The first-order valence-corrected chi connectivity index (χ1v) is 6.21. The predicted octanol–water partition coefficient (Wildman–Crippen LogP) is 3.97. The average Bonchev–Trinajstić information content (AvgIpc) is 2.39. The lowest BCUT2D eigenvalue weighted by molar-refractivity contribution is -0.303. The van der Waals surface area contributed by atoms with Gasteiger partial charge in [0.05, 0.1) is 7.11 Å². The van der Waals surface area contributed by atoms with Crippen LogP contribution in [0.2, 0.25) is 0 Å². The molecule has 1 rings (SSSR count). The van der Waals surface area contributed by atoms with E-state index in [1.807, 2.05) is 0 Å². The van der Waals surface area contributed by atoms with Crippen molar-refractivity contribution in [3.63, 3.8) is 0 Å². The predicted molar refractivity (Wildman–Crippen MR) is 57.6 cm³/mol. The van der Waals surface area contributed by atoms with Crippen LogP contribution in [0.3, 0.4) is 0 Å². The number of alkyl halides is 10. The van der Waals surface area contributed by atoms with E-state index in [2.05, 4.69) is 20.7 Å². The third-order valence-electron chi connectivity index (χ3n) is 3.36. The zero-order valence-electron chi connectivity index (χ0n) is 10.8. The van der Waals surface area contributed by atoms with Crippen molar-refractivity contribution in [1.29, 1.82) is 0 Å². The molecule has 130 valence electrons. The Hall–Kier alpha value is -0.680. The van der Waals surface area contributed by atoms with Crippen LogP contribution in [-0.4, -0.2) is 46.8 Å². The highest BCUT2D eigenvalue weighted by atomic mass is 79.9. The minimum atomic E-state index is -6.66. The summed E-state index contributed by atoms with van der Waals surface area (Å²) < 4.78 is 121. The number of carbonyl (C=O) groups is 1. The van der Waals surface area contributed by atoms with Gasteiger partial charge in [-0.15, -0.1) is 0 Å². The number of carbonyl (C=O) groups excluding carboxylic acids is 1. The molecule has 1 saturated carbocycles. The fourth-order valence-corrected chi connectivity index (χ4v) is 2.60. The minimum Gasteiger partial charge on any atom is -0.468 e. The van der Waals surface area contributed by atoms with E-state index >= 15 is 0 Å². The maximum absolute atomic E-state index is 14.2. The number of rotatable bonds is 3. The first kappa shape index (κ1) is 19.4. The number of hydrogen-bond donors (Lipinski definition) is 0. The second kappa shape index (κ2) is 4.67. The van der Waals surface area contributed by atoms with E-state index < -0.39 is 46.1 Å². The molecule has 1 fully saturated rings. The summed E-state index contributed by atoms with van der Waals surface area (Å²) in [6.45, 7) is 0.543. The van der Waals surface area contributed by atoms with E-state index in [9.17, 15) is 44.3 Å². The summed E-state index contributed by atoms with van der Waals surface area (Å²) in [5, 5.41) is 0. The van der Waals surface area contributed by atoms with E-state index in [-0.39, 0.29) is 0 Å². The first-order valence-electron chi connectivity index (χ1n) is 5.41. The van der Waals surface area contributed by atoms with Crippen LogP contribution < -0.4 is 0 Å². The van der Waals surface area contributed by atoms with Crippen molar-refractivity contribution in [2.75, 3.05) is 7.11 Å². The van der Waals surface area contributed by atoms with Crippen LogP contribution >= 0.6 is 15.9 Å². The molecule has 1 unspecified atom stereocenters. The molecule has 22 heavy (non-hydrogen) atoms. The van der Waals surface area contributed by atoms with E-state index in [0.717, 1.165) is 0 Å². The Morgan fingerprint density at radius 1 is 0.909 bits per heavy atom. The van der Waals surface area contributed by atoms with Crippen LogP contribution in [0.25, 0.3) is 0 Å². The molecule has 0 aromatic rings. The molecule has 1 atom stereocenters. The fourth-order valence-electron chi connectivity index (χ4n) is 2.05.